The van der Waals surface area contributed by atoms with Crippen molar-refractivity contribution in [1.29, 1.82) is 0 Å². The molecule has 1 amide bonds. The second-order valence-corrected chi connectivity index (χ2v) is 5.39. The number of ether oxygens (including phenoxy) is 1. The molecule has 0 aliphatic heterocycles. The molecule has 0 bridgehead atoms. The second-order valence-electron chi connectivity index (χ2n) is 5.39. The monoisotopic (exact) mass is 270 g/mol. The van der Waals surface area contributed by atoms with Crippen molar-refractivity contribution in [3.05, 3.63) is 48.7 Å². The molecule has 1 heterocycles. The van der Waals surface area contributed by atoms with Crippen LogP contribution in [0, 0.1) is 0 Å². The predicted octanol–water partition coefficient (Wildman–Crippen LogP) is 4.10. The van der Waals surface area contributed by atoms with Gasteiger partial charge in [-0.2, -0.15) is 0 Å². The molecule has 4 heteroatoms. The molecule has 1 aromatic carbocycles. The van der Waals surface area contributed by atoms with Crippen LogP contribution < -0.4 is 5.32 Å². The van der Waals surface area contributed by atoms with Crippen molar-refractivity contribution in [2.24, 2.45) is 0 Å². The van der Waals surface area contributed by atoms with E-state index < -0.39 is 11.7 Å². The lowest BCUT2D eigenvalue weighted by Gasteiger charge is -2.20. The van der Waals surface area contributed by atoms with Gasteiger partial charge in [0.1, 0.15) is 5.60 Å². The average Bonchev–Trinajstić information content (AvgIpc) is 2.38. The summed E-state index contributed by atoms with van der Waals surface area (Å²) in [5.41, 5.74) is 1.82. The first-order valence-corrected chi connectivity index (χ1v) is 6.46. The van der Waals surface area contributed by atoms with Crippen LogP contribution in [-0.2, 0) is 4.74 Å². The van der Waals surface area contributed by atoms with Gasteiger partial charge in [0.05, 0.1) is 11.4 Å². The molecule has 0 atom stereocenters. The Morgan fingerprint density at radius 2 is 1.80 bits per heavy atom. The number of para-hydroxylation sites is 1. The molecule has 1 aromatic heterocycles. The summed E-state index contributed by atoms with van der Waals surface area (Å²) in [6.07, 6.45) is 1.25. The van der Waals surface area contributed by atoms with Gasteiger partial charge >= 0.3 is 6.09 Å². The Hall–Kier alpha value is -2.36. The Morgan fingerprint density at radius 3 is 2.45 bits per heavy atom. The van der Waals surface area contributed by atoms with Crippen LogP contribution in [0.4, 0.5) is 10.5 Å². The summed E-state index contributed by atoms with van der Waals surface area (Å²) in [6, 6.07) is 13.2. The molecule has 20 heavy (non-hydrogen) atoms. The third-order valence-electron chi connectivity index (χ3n) is 2.50. The Bertz CT molecular complexity index is 589. The lowest BCUT2D eigenvalue weighted by molar-refractivity contribution is 0.0636. The van der Waals surface area contributed by atoms with E-state index in [2.05, 4.69) is 10.3 Å². The number of benzene rings is 1. The molecule has 2 rings (SSSR count). The Balaban J connectivity index is 2.23. The standard InChI is InChI=1S/C16H18N2O2/c1-16(2,3)20-15(19)18-14-10-5-4-8-12(14)13-9-6-7-11-17-13/h4-11H,1-3H3,(H,18,19). The summed E-state index contributed by atoms with van der Waals surface area (Å²) in [6.45, 7) is 5.49. The average molecular weight is 270 g/mol. The van der Waals surface area contributed by atoms with Gasteiger partial charge in [0.25, 0.3) is 0 Å². The highest BCUT2D eigenvalue weighted by Crippen LogP contribution is 2.26. The second kappa shape index (κ2) is 5.74. The van der Waals surface area contributed by atoms with Gasteiger partial charge in [0.15, 0.2) is 0 Å². The molecule has 4 nitrogen and oxygen atoms in total. The summed E-state index contributed by atoms with van der Waals surface area (Å²) < 4.78 is 5.26. The number of nitrogens with zero attached hydrogens (tertiary/aromatic N) is 1. The van der Waals surface area contributed by atoms with Gasteiger partial charge in [-0.05, 0) is 39.0 Å². The first-order chi connectivity index (χ1) is 9.46. The number of amides is 1. The largest absolute Gasteiger partial charge is 0.444 e. The number of hydrogen-bond acceptors (Lipinski definition) is 3. The van der Waals surface area contributed by atoms with Crippen molar-refractivity contribution in [2.75, 3.05) is 5.32 Å². The Morgan fingerprint density at radius 1 is 1.10 bits per heavy atom. The van der Waals surface area contributed by atoms with Crippen LogP contribution in [0.5, 0.6) is 0 Å². The minimum Gasteiger partial charge on any atom is -0.444 e. The van der Waals surface area contributed by atoms with E-state index in [1.807, 2.05) is 63.2 Å². The molecule has 0 radical (unpaired) electrons. The fraction of sp³-hybridized carbons (Fsp3) is 0.250. The highest BCUT2D eigenvalue weighted by Gasteiger charge is 2.17. The third kappa shape index (κ3) is 3.82. The number of aromatic nitrogens is 1. The van der Waals surface area contributed by atoms with Gasteiger partial charge in [-0.25, -0.2) is 4.79 Å². The molecule has 0 aliphatic carbocycles. The lowest BCUT2D eigenvalue weighted by atomic mass is 10.1. The van der Waals surface area contributed by atoms with E-state index in [1.54, 1.807) is 6.20 Å². The van der Waals surface area contributed by atoms with Crippen LogP contribution in [0.15, 0.2) is 48.7 Å². The summed E-state index contributed by atoms with van der Waals surface area (Å²) in [7, 11) is 0. The molecule has 0 unspecified atom stereocenters. The van der Waals surface area contributed by atoms with Crippen molar-refractivity contribution in [2.45, 2.75) is 26.4 Å². The summed E-state index contributed by atoms with van der Waals surface area (Å²) in [4.78, 5) is 16.2. The topological polar surface area (TPSA) is 51.2 Å². The number of rotatable bonds is 2. The van der Waals surface area contributed by atoms with E-state index in [9.17, 15) is 4.79 Å². The van der Waals surface area contributed by atoms with E-state index in [4.69, 9.17) is 4.74 Å². The van der Waals surface area contributed by atoms with E-state index in [0.717, 1.165) is 11.3 Å². The maximum Gasteiger partial charge on any atom is 0.412 e. The lowest BCUT2D eigenvalue weighted by Crippen LogP contribution is -2.27. The zero-order valence-electron chi connectivity index (χ0n) is 11.9. The van der Waals surface area contributed by atoms with Crippen LogP contribution in [0.25, 0.3) is 11.3 Å². The van der Waals surface area contributed by atoms with Crippen LogP contribution in [-0.4, -0.2) is 16.7 Å². The molecule has 0 fully saturated rings. The number of pyridine rings is 1. The fourth-order valence-corrected chi connectivity index (χ4v) is 1.75. The highest BCUT2D eigenvalue weighted by molar-refractivity contribution is 5.90. The van der Waals surface area contributed by atoms with Gasteiger partial charge in [0, 0.05) is 11.8 Å². The summed E-state index contributed by atoms with van der Waals surface area (Å²) in [5, 5.41) is 2.76. The van der Waals surface area contributed by atoms with Gasteiger partial charge in [-0.15, -0.1) is 0 Å². The van der Waals surface area contributed by atoms with E-state index >= 15 is 0 Å². The Labute approximate surface area is 118 Å². The van der Waals surface area contributed by atoms with Crippen LogP contribution in [0.3, 0.4) is 0 Å². The molecule has 0 aliphatic rings. The minimum absolute atomic E-state index is 0.471. The highest BCUT2D eigenvalue weighted by atomic mass is 16.6. The van der Waals surface area contributed by atoms with Crippen molar-refractivity contribution < 1.29 is 9.53 Å². The van der Waals surface area contributed by atoms with E-state index in [1.165, 1.54) is 0 Å². The zero-order valence-corrected chi connectivity index (χ0v) is 11.9. The van der Waals surface area contributed by atoms with Gasteiger partial charge in [0.2, 0.25) is 0 Å². The predicted molar refractivity (Wildman–Crippen MR) is 79.5 cm³/mol. The van der Waals surface area contributed by atoms with Crippen LogP contribution in [0.1, 0.15) is 20.8 Å². The number of anilines is 1. The van der Waals surface area contributed by atoms with Crippen molar-refractivity contribution in [3.8, 4) is 11.3 Å². The van der Waals surface area contributed by atoms with Crippen LogP contribution in [0.2, 0.25) is 0 Å². The number of nitrogens with one attached hydrogen (secondary N) is 1. The first-order valence-electron chi connectivity index (χ1n) is 6.46. The zero-order chi connectivity index (χ0) is 14.6. The van der Waals surface area contributed by atoms with Gasteiger partial charge in [-0.3, -0.25) is 10.3 Å². The molecule has 1 N–H and O–H groups in total. The normalized spacial score (nSPS) is 10.9. The van der Waals surface area contributed by atoms with E-state index in [0.29, 0.717) is 5.69 Å². The number of hydrogen-bond donors (Lipinski definition) is 1. The molecule has 0 spiro atoms. The smallest absolute Gasteiger partial charge is 0.412 e. The molecule has 0 saturated heterocycles. The first kappa shape index (κ1) is 14.1. The van der Waals surface area contributed by atoms with Crippen molar-refractivity contribution >= 4 is 11.8 Å². The molecule has 0 saturated carbocycles. The van der Waals surface area contributed by atoms with Gasteiger partial charge in [-0.1, -0.05) is 24.3 Å². The van der Waals surface area contributed by atoms with Crippen molar-refractivity contribution in [1.82, 2.24) is 4.98 Å². The number of carbonyl (C=O) groups excluding carboxylic acids is 1. The third-order valence-corrected chi connectivity index (χ3v) is 2.50. The van der Waals surface area contributed by atoms with Crippen molar-refractivity contribution in [3.63, 3.8) is 0 Å². The van der Waals surface area contributed by atoms with Crippen LogP contribution >= 0.6 is 0 Å². The van der Waals surface area contributed by atoms with Gasteiger partial charge < -0.3 is 4.74 Å². The molecular formula is C16H18N2O2. The van der Waals surface area contributed by atoms with E-state index in [-0.39, 0.29) is 0 Å². The SMILES string of the molecule is CC(C)(C)OC(=O)Nc1ccccc1-c1ccccn1. The number of carbonyl (C=O) groups is 1. The summed E-state index contributed by atoms with van der Waals surface area (Å²) in [5.74, 6) is 0. The molecular weight excluding hydrogens is 252 g/mol. The summed E-state index contributed by atoms with van der Waals surface area (Å²) >= 11 is 0. The minimum atomic E-state index is -0.524. The maximum atomic E-state index is 11.9. The fourth-order valence-electron chi connectivity index (χ4n) is 1.75. The quantitative estimate of drug-likeness (QED) is 0.894. The molecule has 2 aromatic rings. The maximum absolute atomic E-state index is 11.9. The Kier molecular flexibility index (Phi) is 4.03. The molecule has 104 valence electrons.